The van der Waals surface area contributed by atoms with Gasteiger partial charge in [-0.05, 0) is 42.5 Å². The first kappa shape index (κ1) is 16.6. The van der Waals surface area contributed by atoms with Gasteiger partial charge in [0, 0.05) is 41.2 Å². The minimum atomic E-state index is -0.121. The van der Waals surface area contributed by atoms with Gasteiger partial charge in [0.05, 0.1) is 0 Å². The molecule has 1 unspecified atom stereocenters. The van der Waals surface area contributed by atoms with Gasteiger partial charge in [0.15, 0.2) is 0 Å². The highest BCUT2D eigenvalue weighted by molar-refractivity contribution is 9.10. The lowest BCUT2D eigenvalue weighted by molar-refractivity contribution is -0.109. The number of aldehydes is 1. The maximum absolute atomic E-state index is 11.5. The molecule has 3 rings (SSSR count). The topological polar surface area (TPSA) is 23.6 Å². The van der Waals surface area contributed by atoms with Crippen molar-refractivity contribution in [2.75, 3.05) is 31.1 Å². The molecule has 119 valence electrons. The summed E-state index contributed by atoms with van der Waals surface area (Å²) in [5.74, 6) is 0. The average Bonchev–Trinajstić information content (AvgIpc) is 2.61. The van der Waals surface area contributed by atoms with Crippen molar-refractivity contribution in [3.63, 3.8) is 0 Å². The molecule has 5 heteroatoms. The molecule has 0 aromatic heterocycles. The Balaban J connectivity index is 1.58. The van der Waals surface area contributed by atoms with E-state index in [2.05, 4.69) is 56.1 Å². The fourth-order valence-electron chi connectivity index (χ4n) is 2.66. The van der Waals surface area contributed by atoms with Crippen LogP contribution in [0.5, 0.6) is 0 Å². The third-order valence-electron chi connectivity index (χ3n) is 3.93. The second-order valence-electron chi connectivity index (χ2n) is 5.38. The number of nitrogens with zero attached hydrogens (tertiary/aromatic N) is 2. The zero-order valence-corrected chi connectivity index (χ0v) is 15.1. The van der Waals surface area contributed by atoms with E-state index < -0.39 is 0 Å². The fourth-order valence-corrected chi connectivity index (χ4v) is 3.92. The van der Waals surface area contributed by atoms with Crippen molar-refractivity contribution in [1.82, 2.24) is 4.90 Å². The predicted octanol–water partition coefficient (Wildman–Crippen LogP) is 3.69. The third-order valence-corrected chi connectivity index (χ3v) is 5.65. The molecule has 0 aliphatic carbocycles. The molecule has 1 aliphatic rings. The number of anilines is 1. The van der Waals surface area contributed by atoms with Crippen molar-refractivity contribution in [3.8, 4) is 0 Å². The molecule has 0 bridgehead atoms. The normalized spacial score (nSPS) is 17.0. The average molecular weight is 390 g/mol. The summed E-state index contributed by atoms with van der Waals surface area (Å²) in [6.45, 7) is 3.67. The Hall–Kier alpha value is -1.30. The number of carbonyl (C=O) groups excluding carboxylic acids is 1. The van der Waals surface area contributed by atoms with Gasteiger partial charge >= 0.3 is 0 Å². The van der Waals surface area contributed by atoms with Crippen molar-refractivity contribution in [3.05, 3.63) is 59.1 Å². The highest BCUT2D eigenvalue weighted by Crippen LogP contribution is 2.26. The van der Waals surface area contributed by atoms with Crippen LogP contribution in [0.1, 0.15) is 0 Å². The standard InChI is InChI=1S/C18H18BrN2OS/c19-15-6-8-16(9-7-15)20-10-12-21(13-11-20)18(14-22)23-17-4-2-1-3-5-17/h2-9,14,18H,10-13H2. The highest BCUT2D eigenvalue weighted by Gasteiger charge is 2.24. The largest absolute Gasteiger partial charge is 0.369 e. The SMILES string of the molecule is O=CC(Sc1cc[c]cc1)N1CCN(c2ccc(Br)cc2)CC1. The lowest BCUT2D eigenvalue weighted by atomic mass is 10.2. The summed E-state index contributed by atoms with van der Waals surface area (Å²) < 4.78 is 1.09. The molecular weight excluding hydrogens is 372 g/mol. The first-order valence-electron chi connectivity index (χ1n) is 7.59. The van der Waals surface area contributed by atoms with Gasteiger partial charge in [0.1, 0.15) is 11.7 Å². The molecule has 0 saturated carbocycles. The van der Waals surface area contributed by atoms with Gasteiger partial charge in [-0.1, -0.05) is 39.8 Å². The van der Waals surface area contributed by atoms with Crippen molar-refractivity contribution in [1.29, 1.82) is 0 Å². The monoisotopic (exact) mass is 389 g/mol. The molecule has 0 N–H and O–H groups in total. The summed E-state index contributed by atoms with van der Waals surface area (Å²) in [4.78, 5) is 17.2. The van der Waals surface area contributed by atoms with Crippen LogP contribution in [0.4, 0.5) is 5.69 Å². The van der Waals surface area contributed by atoms with E-state index in [0.29, 0.717) is 0 Å². The van der Waals surface area contributed by atoms with E-state index in [9.17, 15) is 4.79 Å². The van der Waals surface area contributed by atoms with Crippen molar-refractivity contribution in [2.24, 2.45) is 0 Å². The predicted molar refractivity (Wildman–Crippen MR) is 98.9 cm³/mol. The summed E-state index contributed by atoms with van der Waals surface area (Å²) in [6.07, 6.45) is 1.05. The lowest BCUT2D eigenvalue weighted by Gasteiger charge is -2.38. The van der Waals surface area contributed by atoms with Crippen LogP contribution in [-0.2, 0) is 4.79 Å². The van der Waals surface area contributed by atoms with E-state index in [4.69, 9.17) is 0 Å². The maximum atomic E-state index is 11.5. The van der Waals surface area contributed by atoms with E-state index in [-0.39, 0.29) is 5.37 Å². The molecule has 23 heavy (non-hydrogen) atoms. The van der Waals surface area contributed by atoms with Crippen LogP contribution < -0.4 is 4.90 Å². The van der Waals surface area contributed by atoms with Gasteiger partial charge in [-0.3, -0.25) is 4.90 Å². The molecule has 1 atom stereocenters. The molecule has 1 fully saturated rings. The van der Waals surface area contributed by atoms with Crippen LogP contribution in [0.2, 0.25) is 0 Å². The molecule has 0 amide bonds. The molecule has 2 aromatic carbocycles. The molecule has 3 nitrogen and oxygen atoms in total. The molecular formula is C18H18BrN2OS. The van der Waals surface area contributed by atoms with Crippen molar-refractivity contribution in [2.45, 2.75) is 10.3 Å². The number of hydrogen-bond acceptors (Lipinski definition) is 4. The number of carbonyl (C=O) groups is 1. The zero-order valence-electron chi connectivity index (χ0n) is 12.7. The Labute approximate surface area is 149 Å². The molecule has 1 heterocycles. The van der Waals surface area contributed by atoms with Crippen molar-refractivity contribution < 1.29 is 4.79 Å². The van der Waals surface area contributed by atoms with Gasteiger partial charge in [-0.2, -0.15) is 0 Å². The fraction of sp³-hybridized carbons (Fsp3) is 0.278. The van der Waals surface area contributed by atoms with E-state index in [1.54, 1.807) is 11.8 Å². The zero-order chi connectivity index (χ0) is 16.1. The number of rotatable bonds is 5. The molecule has 1 radical (unpaired) electrons. The Kier molecular flexibility index (Phi) is 5.75. The number of piperazine rings is 1. The van der Waals surface area contributed by atoms with E-state index in [1.165, 1.54) is 5.69 Å². The summed E-state index contributed by atoms with van der Waals surface area (Å²) in [5, 5.41) is -0.121. The maximum Gasteiger partial charge on any atom is 0.147 e. The smallest absolute Gasteiger partial charge is 0.147 e. The van der Waals surface area contributed by atoms with E-state index in [0.717, 1.165) is 41.8 Å². The number of halogens is 1. The number of thioether (sulfide) groups is 1. The third kappa shape index (κ3) is 4.37. The second kappa shape index (κ2) is 7.99. The van der Waals surface area contributed by atoms with Gasteiger partial charge in [0.25, 0.3) is 0 Å². The van der Waals surface area contributed by atoms with Gasteiger partial charge in [-0.15, -0.1) is 0 Å². The Morgan fingerprint density at radius 1 is 1.04 bits per heavy atom. The van der Waals surface area contributed by atoms with Gasteiger partial charge in [0.2, 0.25) is 0 Å². The Morgan fingerprint density at radius 3 is 2.30 bits per heavy atom. The van der Waals surface area contributed by atoms with Gasteiger partial charge < -0.3 is 9.69 Å². The van der Waals surface area contributed by atoms with Crippen LogP contribution in [0.15, 0.2) is 57.9 Å². The van der Waals surface area contributed by atoms with Crippen LogP contribution in [0, 0.1) is 6.07 Å². The first-order chi connectivity index (χ1) is 11.3. The van der Waals surface area contributed by atoms with E-state index in [1.807, 2.05) is 24.3 Å². The minimum absolute atomic E-state index is 0.121. The van der Waals surface area contributed by atoms with Gasteiger partial charge in [-0.25, -0.2) is 0 Å². The highest BCUT2D eigenvalue weighted by atomic mass is 79.9. The lowest BCUT2D eigenvalue weighted by Crippen LogP contribution is -2.50. The number of hydrogen-bond donors (Lipinski definition) is 0. The molecule has 2 aromatic rings. The molecule has 1 aliphatic heterocycles. The summed E-state index contributed by atoms with van der Waals surface area (Å²) in [7, 11) is 0. The quantitative estimate of drug-likeness (QED) is 0.574. The Morgan fingerprint density at radius 2 is 1.70 bits per heavy atom. The molecule has 1 saturated heterocycles. The second-order valence-corrected chi connectivity index (χ2v) is 7.49. The summed E-state index contributed by atoms with van der Waals surface area (Å²) in [5.41, 5.74) is 1.24. The van der Waals surface area contributed by atoms with Crippen LogP contribution >= 0.6 is 27.7 Å². The molecule has 0 spiro atoms. The van der Waals surface area contributed by atoms with Crippen LogP contribution in [0.3, 0.4) is 0 Å². The van der Waals surface area contributed by atoms with Crippen LogP contribution in [-0.4, -0.2) is 42.7 Å². The van der Waals surface area contributed by atoms with Crippen LogP contribution in [0.25, 0.3) is 0 Å². The van der Waals surface area contributed by atoms with Crippen molar-refractivity contribution >= 4 is 39.7 Å². The minimum Gasteiger partial charge on any atom is -0.369 e. The first-order valence-corrected chi connectivity index (χ1v) is 9.26. The summed E-state index contributed by atoms with van der Waals surface area (Å²) in [6, 6.07) is 19.2. The number of benzene rings is 2. The van der Waals surface area contributed by atoms with E-state index >= 15 is 0 Å². The Bertz CT molecular complexity index is 627. The summed E-state index contributed by atoms with van der Waals surface area (Å²) >= 11 is 5.08.